The van der Waals surface area contributed by atoms with Crippen molar-refractivity contribution < 1.29 is 26.3 Å². The van der Waals surface area contributed by atoms with Gasteiger partial charge in [0.2, 0.25) is 0 Å². The Morgan fingerprint density at radius 3 is 2.37 bits per heavy atom. The van der Waals surface area contributed by atoms with Gasteiger partial charge in [-0.1, -0.05) is 35.9 Å². The van der Waals surface area contributed by atoms with Crippen LogP contribution in [0.25, 0.3) is 10.9 Å². The van der Waals surface area contributed by atoms with Crippen LogP contribution < -0.4 is 10.1 Å². The standard InChI is InChI=1S/C20H18ClF3N2O3S/c1-30(27,28)12-14-4-2-13(3-5-14)8-9-25-17-11-19(21)26-18-10-15(6-7-16(17)18)29-20(22,23)24/h2-7,10-11H,8-9,12H2,1H3,(H,25,26). The molecule has 3 aromatic rings. The molecule has 0 aliphatic heterocycles. The molecule has 160 valence electrons. The SMILES string of the molecule is CS(=O)(=O)Cc1ccc(CCNc2cc(Cl)nc3cc(OC(F)(F)F)ccc23)cc1. The zero-order valence-electron chi connectivity index (χ0n) is 15.8. The van der Waals surface area contributed by atoms with E-state index in [1.165, 1.54) is 24.5 Å². The van der Waals surface area contributed by atoms with Crippen molar-refractivity contribution in [1.29, 1.82) is 0 Å². The first-order valence-corrected chi connectivity index (χ1v) is 11.3. The Hall–Kier alpha value is -2.52. The monoisotopic (exact) mass is 458 g/mol. The smallest absolute Gasteiger partial charge is 0.406 e. The van der Waals surface area contributed by atoms with Crippen LogP contribution in [-0.4, -0.2) is 32.6 Å². The Morgan fingerprint density at radius 1 is 1.07 bits per heavy atom. The molecule has 0 unspecified atom stereocenters. The van der Waals surface area contributed by atoms with Crippen LogP contribution in [-0.2, 0) is 22.0 Å². The quantitative estimate of drug-likeness (QED) is 0.505. The van der Waals surface area contributed by atoms with E-state index < -0.39 is 16.2 Å². The van der Waals surface area contributed by atoms with Crippen LogP contribution in [0.5, 0.6) is 5.75 Å². The highest BCUT2D eigenvalue weighted by Gasteiger charge is 2.31. The van der Waals surface area contributed by atoms with Crippen LogP contribution in [0.15, 0.2) is 48.5 Å². The average Bonchev–Trinajstić information content (AvgIpc) is 2.60. The minimum atomic E-state index is -4.79. The van der Waals surface area contributed by atoms with E-state index in [-0.39, 0.29) is 22.2 Å². The molecular formula is C20H18ClF3N2O3S. The number of anilines is 1. The van der Waals surface area contributed by atoms with Crippen LogP contribution in [0.1, 0.15) is 11.1 Å². The lowest BCUT2D eigenvalue weighted by Crippen LogP contribution is -2.17. The lowest BCUT2D eigenvalue weighted by atomic mass is 10.1. The van der Waals surface area contributed by atoms with Crippen LogP contribution in [0.4, 0.5) is 18.9 Å². The summed E-state index contributed by atoms with van der Waals surface area (Å²) in [6.07, 6.45) is -2.95. The summed E-state index contributed by atoms with van der Waals surface area (Å²) in [4.78, 5) is 4.06. The van der Waals surface area contributed by atoms with E-state index in [1.807, 2.05) is 12.1 Å². The molecule has 0 aliphatic rings. The lowest BCUT2D eigenvalue weighted by molar-refractivity contribution is -0.274. The molecule has 0 spiro atoms. The number of aromatic nitrogens is 1. The molecule has 0 radical (unpaired) electrons. The molecule has 3 rings (SSSR count). The molecule has 0 saturated carbocycles. The molecule has 1 N–H and O–H groups in total. The van der Waals surface area contributed by atoms with Gasteiger partial charge in [-0.2, -0.15) is 0 Å². The Balaban J connectivity index is 1.70. The summed E-state index contributed by atoms with van der Waals surface area (Å²) in [5, 5.41) is 3.96. The number of nitrogens with zero attached hydrogens (tertiary/aromatic N) is 1. The van der Waals surface area contributed by atoms with Crippen LogP contribution in [0.3, 0.4) is 0 Å². The van der Waals surface area contributed by atoms with E-state index in [0.29, 0.717) is 24.0 Å². The zero-order valence-corrected chi connectivity index (χ0v) is 17.4. The number of ether oxygens (including phenoxy) is 1. The summed E-state index contributed by atoms with van der Waals surface area (Å²) in [7, 11) is -3.08. The van der Waals surface area contributed by atoms with Crippen LogP contribution in [0.2, 0.25) is 5.15 Å². The van der Waals surface area contributed by atoms with Gasteiger partial charge >= 0.3 is 6.36 Å². The highest BCUT2D eigenvalue weighted by atomic mass is 35.5. The van der Waals surface area contributed by atoms with Crippen molar-refractivity contribution in [2.75, 3.05) is 18.1 Å². The van der Waals surface area contributed by atoms with E-state index in [4.69, 9.17) is 11.6 Å². The largest absolute Gasteiger partial charge is 0.573 e. The van der Waals surface area contributed by atoms with E-state index in [9.17, 15) is 21.6 Å². The van der Waals surface area contributed by atoms with Gasteiger partial charge in [0.15, 0.2) is 9.84 Å². The second kappa shape index (κ2) is 8.69. The van der Waals surface area contributed by atoms with Gasteiger partial charge in [0.1, 0.15) is 10.9 Å². The van der Waals surface area contributed by atoms with Gasteiger partial charge in [0.05, 0.1) is 11.3 Å². The molecule has 0 amide bonds. The average molecular weight is 459 g/mol. The van der Waals surface area contributed by atoms with Gasteiger partial charge in [-0.25, -0.2) is 13.4 Å². The van der Waals surface area contributed by atoms with E-state index in [2.05, 4.69) is 15.0 Å². The van der Waals surface area contributed by atoms with Crippen molar-refractivity contribution >= 4 is 38.0 Å². The molecule has 0 bridgehead atoms. The predicted molar refractivity (Wildman–Crippen MR) is 111 cm³/mol. The van der Waals surface area contributed by atoms with Gasteiger partial charge in [0.25, 0.3) is 0 Å². The maximum absolute atomic E-state index is 12.4. The first kappa shape index (κ1) is 22.2. The number of alkyl halides is 3. The normalized spacial score (nSPS) is 12.2. The molecule has 0 saturated heterocycles. The summed E-state index contributed by atoms with van der Waals surface area (Å²) in [5.74, 6) is -0.377. The number of hydrogen-bond acceptors (Lipinski definition) is 5. The van der Waals surface area contributed by atoms with Crippen molar-refractivity contribution in [1.82, 2.24) is 4.98 Å². The van der Waals surface area contributed by atoms with Crippen molar-refractivity contribution in [3.05, 3.63) is 64.8 Å². The van der Waals surface area contributed by atoms with Gasteiger partial charge < -0.3 is 10.1 Å². The maximum Gasteiger partial charge on any atom is 0.573 e. The molecule has 0 fully saturated rings. The lowest BCUT2D eigenvalue weighted by Gasteiger charge is -2.13. The molecule has 2 aromatic carbocycles. The molecule has 0 atom stereocenters. The first-order valence-electron chi connectivity index (χ1n) is 8.84. The third kappa shape index (κ3) is 6.50. The summed E-state index contributed by atoms with van der Waals surface area (Å²) in [6.45, 7) is 0.529. The van der Waals surface area contributed by atoms with Crippen molar-refractivity contribution in [3.8, 4) is 5.75 Å². The number of nitrogens with one attached hydrogen (secondary N) is 1. The number of rotatable bonds is 7. The summed E-state index contributed by atoms with van der Waals surface area (Å²) < 4.78 is 63.9. The molecule has 0 aliphatic carbocycles. The third-order valence-corrected chi connectivity index (χ3v) is 5.22. The minimum Gasteiger partial charge on any atom is -0.406 e. The molecule has 5 nitrogen and oxygen atoms in total. The first-order chi connectivity index (χ1) is 14.0. The van der Waals surface area contributed by atoms with Crippen LogP contribution in [0, 0.1) is 0 Å². The molecule has 10 heteroatoms. The third-order valence-electron chi connectivity index (χ3n) is 4.16. The summed E-state index contributed by atoms with van der Waals surface area (Å²) >= 11 is 6.01. The van der Waals surface area contributed by atoms with E-state index >= 15 is 0 Å². The zero-order chi connectivity index (χ0) is 21.9. The maximum atomic E-state index is 12.4. The number of halogens is 4. The Labute approximate surface area is 176 Å². The van der Waals surface area contributed by atoms with E-state index in [1.54, 1.807) is 18.2 Å². The summed E-state index contributed by atoms with van der Waals surface area (Å²) in [6, 6.07) is 12.8. The van der Waals surface area contributed by atoms with Gasteiger partial charge in [0, 0.05) is 29.9 Å². The molecular weight excluding hydrogens is 441 g/mol. The fraction of sp³-hybridized carbons (Fsp3) is 0.250. The Kier molecular flexibility index (Phi) is 6.42. The molecule has 30 heavy (non-hydrogen) atoms. The summed E-state index contributed by atoms with van der Waals surface area (Å²) in [5.41, 5.74) is 2.64. The van der Waals surface area contributed by atoms with Crippen molar-refractivity contribution in [2.24, 2.45) is 0 Å². The molecule has 1 aromatic heterocycles. The van der Waals surface area contributed by atoms with Gasteiger partial charge in [-0.3, -0.25) is 0 Å². The predicted octanol–water partition coefficient (Wildman–Crippen LogP) is 4.99. The fourth-order valence-electron chi connectivity index (χ4n) is 2.97. The Morgan fingerprint density at radius 2 is 1.73 bits per heavy atom. The molecule has 1 heterocycles. The number of pyridine rings is 1. The van der Waals surface area contributed by atoms with Gasteiger partial charge in [-0.05, 0) is 35.7 Å². The topological polar surface area (TPSA) is 68.3 Å². The number of fused-ring (bicyclic) bond motifs is 1. The number of benzene rings is 2. The van der Waals surface area contributed by atoms with Crippen LogP contribution >= 0.6 is 11.6 Å². The van der Waals surface area contributed by atoms with Crippen molar-refractivity contribution in [3.63, 3.8) is 0 Å². The highest BCUT2D eigenvalue weighted by Crippen LogP contribution is 2.30. The minimum absolute atomic E-state index is 0.00687. The number of hydrogen-bond donors (Lipinski definition) is 1. The Bertz CT molecular complexity index is 1150. The number of sulfone groups is 1. The second-order valence-corrected chi connectivity index (χ2v) is 9.31. The van der Waals surface area contributed by atoms with Crippen molar-refractivity contribution in [2.45, 2.75) is 18.5 Å². The second-order valence-electron chi connectivity index (χ2n) is 6.78. The van der Waals surface area contributed by atoms with Gasteiger partial charge in [-0.15, -0.1) is 13.2 Å². The fourth-order valence-corrected chi connectivity index (χ4v) is 3.96. The van der Waals surface area contributed by atoms with E-state index in [0.717, 1.165) is 11.1 Å². The highest BCUT2D eigenvalue weighted by molar-refractivity contribution is 7.89.